The zero-order valence-corrected chi connectivity index (χ0v) is 26.8. The maximum absolute atomic E-state index is 15.3. The molecule has 2 aromatic rings. The zero-order valence-electron chi connectivity index (χ0n) is 25.2. The average Bonchev–Trinajstić information content (AvgIpc) is 3.13. The van der Waals surface area contributed by atoms with E-state index in [0.717, 1.165) is 31.2 Å². The van der Waals surface area contributed by atoms with E-state index in [1.165, 1.54) is 12.1 Å². The van der Waals surface area contributed by atoms with E-state index in [2.05, 4.69) is 16.0 Å². The molecule has 5 rings (SSSR count). The van der Waals surface area contributed by atoms with Crippen LogP contribution < -0.4 is 16.0 Å². The van der Waals surface area contributed by atoms with Crippen molar-refractivity contribution in [3.63, 3.8) is 0 Å². The molecule has 0 aliphatic carbocycles. The molecule has 3 fully saturated rings. The Bertz CT molecular complexity index is 1440. The molecule has 246 valence electrons. The number of benzene rings is 2. The second-order valence-electron chi connectivity index (χ2n) is 12.2. The minimum absolute atomic E-state index is 0.0227. The molecule has 0 spiro atoms. The number of piperazine rings is 1. The molecule has 3 aliphatic rings. The molecular formula is C32H42ClFN4O6S. The molecule has 6 unspecified atom stereocenters. The number of rotatable bonds is 11. The molecule has 13 heteroatoms. The summed E-state index contributed by atoms with van der Waals surface area (Å²) in [4.78, 5) is 25.9. The maximum Gasteiger partial charge on any atom is 0.405 e. The number of ether oxygens (including phenoxy) is 1. The van der Waals surface area contributed by atoms with Crippen LogP contribution in [0.3, 0.4) is 0 Å². The summed E-state index contributed by atoms with van der Waals surface area (Å²) in [5.41, 5.74) is 1.21. The topological polar surface area (TPSA) is 137 Å². The second-order valence-corrected chi connectivity index (χ2v) is 14.7. The van der Waals surface area contributed by atoms with E-state index in [0.29, 0.717) is 50.4 Å². The van der Waals surface area contributed by atoms with Crippen molar-refractivity contribution in [2.75, 3.05) is 30.8 Å². The molecule has 2 bridgehead atoms. The van der Waals surface area contributed by atoms with Crippen LogP contribution in [0.25, 0.3) is 0 Å². The van der Waals surface area contributed by atoms with E-state index in [4.69, 9.17) is 16.3 Å². The van der Waals surface area contributed by atoms with Gasteiger partial charge in [-0.25, -0.2) is 17.6 Å². The van der Waals surface area contributed by atoms with Crippen LogP contribution in [0.5, 0.6) is 0 Å². The number of carbonyl (C=O) groups is 2. The Labute approximate surface area is 269 Å². The first-order valence-corrected chi connectivity index (χ1v) is 17.8. The molecule has 2 aromatic carbocycles. The van der Waals surface area contributed by atoms with Crippen LogP contribution in [-0.4, -0.2) is 79.5 Å². The van der Waals surface area contributed by atoms with Gasteiger partial charge < -0.3 is 25.8 Å². The highest BCUT2D eigenvalue weighted by atomic mass is 35.5. The molecule has 6 atom stereocenters. The van der Waals surface area contributed by atoms with Crippen LogP contribution in [-0.2, 0) is 26.0 Å². The minimum Gasteiger partial charge on any atom is -0.465 e. The van der Waals surface area contributed by atoms with Gasteiger partial charge in [-0.3, -0.25) is 4.79 Å². The molecule has 3 saturated heterocycles. The number of halogens is 2. The highest BCUT2D eigenvalue weighted by molar-refractivity contribution is 7.89. The maximum atomic E-state index is 15.3. The summed E-state index contributed by atoms with van der Waals surface area (Å²) in [6, 6.07) is 9.92. The largest absolute Gasteiger partial charge is 0.465 e. The van der Waals surface area contributed by atoms with Crippen molar-refractivity contribution >= 4 is 39.3 Å². The average molecular weight is 665 g/mol. The molecule has 0 radical (unpaired) electrons. The van der Waals surface area contributed by atoms with Gasteiger partial charge in [-0.15, -0.1) is 0 Å². The van der Waals surface area contributed by atoms with Crippen LogP contribution in [0.15, 0.2) is 42.5 Å². The Kier molecular flexibility index (Phi) is 11.4. The Balaban J connectivity index is 1.36. The number of sulfonamides is 1. The van der Waals surface area contributed by atoms with Crippen molar-refractivity contribution in [3.05, 3.63) is 64.4 Å². The van der Waals surface area contributed by atoms with Crippen molar-refractivity contribution < 1.29 is 32.2 Å². The van der Waals surface area contributed by atoms with E-state index in [-0.39, 0.29) is 41.6 Å². The summed E-state index contributed by atoms with van der Waals surface area (Å²) in [6.45, 7) is 1.55. The van der Waals surface area contributed by atoms with Crippen LogP contribution in [0.4, 0.5) is 14.9 Å². The molecular weight excluding hydrogens is 623 g/mol. The van der Waals surface area contributed by atoms with Crippen molar-refractivity contribution in [1.29, 1.82) is 0 Å². The monoisotopic (exact) mass is 664 g/mol. The van der Waals surface area contributed by atoms with Gasteiger partial charge >= 0.3 is 6.09 Å². The standard InChI is InChI=1S/C32H42ClFN4O6S/c33-22-11-9-21(10-12-22)26(16-14-25-6-1-2-17-44-25)30(37-32(40)41)31(39)36-29-8-3-7-28(34)27(29)15-13-24-19-35-23-5-4-18-45(42,43)38(24)20-23/h3,7-12,23-26,30,35,37H,1-2,4-6,13-20H2,(H,36,39)(H,40,41). The van der Waals surface area contributed by atoms with Crippen molar-refractivity contribution in [2.45, 2.75) is 87.9 Å². The van der Waals surface area contributed by atoms with Gasteiger partial charge in [0.25, 0.3) is 0 Å². The summed E-state index contributed by atoms with van der Waals surface area (Å²) in [7, 11) is -3.41. The van der Waals surface area contributed by atoms with Gasteiger partial charge in [0.2, 0.25) is 15.9 Å². The fourth-order valence-electron chi connectivity index (χ4n) is 6.81. The zero-order chi connectivity index (χ0) is 32.0. The van der Waals surface area contributed by atoms with Gasteiger partial charge in [0.05, 0.1) is 11.9 Å². The molecule has 4 N–H and O–H groups in total. The number of hydrogen-bond acceptors (Lipinski definition) is 6. The summed E-state index contributed by atoms with van der Waals surface area (Å²) in [6.07, 6.45) is 4.67. The van der Waals surface area contributed by atoms with Crippen LogP contribution >= 0.6 is 11.6 Å². The normalized spacial score (nSPS) is 25.8. The number of amides is 2. The lowest BCUT2D eigenvalue weighted by Crippen LogP contribution is -2.57. The molecule has 45 heavy (non-hydrogen) atoms. The Hall–Kier alpha value is -2.77. The Morgan fingerprint density at radius 1 is 1.11 bits per heavy atom. The predicted molar refractivity (Wildman–Crippen MR) is 171 cm³/mol. The molecule has 3 heterocycles. The Morgan fingerprint density at radius 2 is 1.91 bits per heavy atom. The first-order chi connectivity index (χ1) is 21.6. The van der Waals surface area contributed by atoms with Crippen LogP contribution in [0.1, 0.15) is 68.4 Å². The number of hydrogen-bond donors (Lipinski definition) is 4. The number of carbonyl (C=O) groups excluding carboxylic acids is 1. The lowest BCUT2D eigenvalue weighted by molar-refractivity contribution is -0.118. The number of nitrogens with zero attached hydrogens (tertiary/aromatic N) is 1. The SMILES string of the molecule is O=C(O)NC(C(=O)Nc1cccc(F)c1CCC1CNC2CCCS(=O)(=O)N1C2)C(CCC1CCCCO1)c1ccc(Cl)cc1. The number of carboxylic acid groups (broad SMARTS) is 1. The third kappa shape index (κ3) is 8.74. The fourth-order valence-corrected chi connectivity index (χ4v) is 8.75. The van der Waals surface area contributed by atoms with Crippen LogP contribution in [0, 0.1) is 5.82 Å². The summed E-state index contributed by atoms with van der Waals surface area (Å²) < 4.78 is 48.6. The lowest BCUT2D eigenvalue weighted by Gasteiger charge is -2.37. The van der Waals surface area contributed by atoms with Crippen molar-refractivity contribution in [1.82, 2.24) is 14.9 Å². The van der Waals surface area contributed by atoms with Crippen molar-refractivity contribution in [2.24, 2.45) is 0 Å². The third-order valence-corrected chi connectivity index (χ3v) is 11.4. The van der Waals surface area contributed by atoms with Crippen LogP contribution in [0.2, 0.25) is 5.02 Å². The minimum atomic E-state index is -3.41. The van der Waals surface area contributed by atoms with E-state index in [1.54, 1.807) is 34.6 Å². The smallest absolute Gasteiger partial charge is 0.405 e. The summed E-state index contributed by atoms with van der Waals surface area (Å²) in [5.74, 6) is -1.59. The summed E-state index contributed by atoms with van der Waals surface area (Å²) >= 11 is 6.13. The van der Waals surface area contributed by atoms with Gasteiger partial charge in [-0.2, -0.15) is 4.31 Å². The lowest BCUT2D eigenvalue weighted by atomic mass is 9.85. The number of fused-ring (bicyclic) bond motifs is 2. The van der Waals surface area contributed by atoms with Gasteiger partial charge in [0.1, 0.15) is 11.9 Å². The fraction of sp³-hybridized carbons (Fsp3) is 0.562. The van der Waals surface area contributed by atoms with E-state index >= 15 is 4.39 Å². The second kappa shape index (κ2) is 15.2. The molecule has 2 amide bonds. The highest BCUT2D eigenvalue weighted by Crippen LogP contribution is 2.32. The van der Waals surface area contributed by atoms with Gasteiger partial charge in [-0.05, 0) is 87.6 Å². The first-order valence-electron chi connectivity index (χ1n) is 15.8. The van der Waals surface area contributed by atoms with Gasteiger partial charge in [0, 0.05) is 54.0 Å². The number of nitrogens with one attached hydrogen (secondary N) is 3. The quantitative estimate of drug-likeness (QED) is 0.269. The predicted octanol–water partition coefficient (Wildman–Crippen LogP) is 4.89. The third-order valence-electron chi connectivity index (χ3n) is 9.20. The van der Waals surface area contributed by atoms with E-state index in [1.807, 2.05) is 0 Å². The first kappa shape index (κ1) is 33.6. The van der Waals surface area contributed by atoms with Crippen molar-refractivity contribution in [3.8, 4) is 0 Å². The molecule has 0 aromatic heterocycles. The van der Waals surface area contributed by atoms with Gasteiger partial charge in [0.15, 0.2) is 0 Å². The molecule has 10 nitrogen and oxygen atoms in total. The highest BCUT2D eigenvalue weighted by Gasteiger charge is 2.38. The Morgan fingerprint density at radius 3 is 2.64 bits per heavy atom. The molecule has 3 aliphatic heterocycles. The summed E-state index contributed by atoms with van der Waals surface area (Å²) in [5, 5.41) is 18.9. The van der Waals surface area contributed by atoms with E-state index in [9.17, 15) is 23.1 Å². The van der Waals surface area contributed by atoms with Gasteiger partial charge in [-0.1, -0.05) is 29.8 Å². The van der Waals surface area contributed by atoms with E-state index < -0.39 is 39.8 Å². The molecule has 0 saturated carbocycles. The number of anilines is 1.